The van der Waals surface area contributed by atoms with Crippen molar-refractivity contribution in [2.45, 2.75) is 32.3 Å². The fourth-order valence-corrected chi connectivity index (χ4v) is 3.62. The van der Waals surface area contributed by atoms with Crippen LogP contribution in [-0.4, -0.2) is 49.2 Å². The van der Waals surface area contributed by atoms with Crippen molar-refractivity contribution in [3.05, 3.63) is 59.7 Å². The van der Waals surface area contributed by atoms with Crippen molar-refractivity contribution in [3.8, 4) is 11.1 Å². The molecular weight excluding hydrogens is 396 g/mol. The highest BCUT2D eigenvalue weighted by Crippen LogP contribution is 2.44. The third-order valence-electron chi connectivity index (χ3n) is 5.07. The molecule has 0 spiro atoms. The predicted molar refractivity (Wildman–Crippen MR) is 118 cm³/mol. The molecule has 31 heavy (non-hydrogen) atoms. The van der Waals surface area contributed by atoms with Gasteiger partial charge in [-0.3, -0.25) is 0 Å². The Kier molecular flexibility index (Phi) is 7.17. The molecule has 2 aromatic carbocycles. The van der Waals surface area contributed by atoms with Crippen LogP contribution in [0.2, 0.25) is 0 Å². The fraction of sp³-hybridized carbons (Fsp3) is 0.417. The molecule has 0 bridgehead atoms. The molecule has 1 atom stereocenters. The van der Waals surface area contributed by atoms with Gasteiger partial charge in [0.15, 0.2) is 0 Å². The molecule has 166 valence electrons. The van der Waals surface area contributed by atoms with Crippen molar-refractivity contribution in [1.82, 2.24) is 10.6 Å². The number of rotatable bonds is 7. The van der Waals surface area contributed by atoms with Crippen LogP contribution in [0.5, 0.6) is 0 Å². The summed E-state index contributed by atoms with van der Waals surface area (Å²) in [7, 11) is 0. The number of hydrogen-bond acceptors (Lipinski definition) is 5. The molecule has 1 unspecified atom stereocenters. The lowest BCUT2D eigenvalue weighted by Crippen LogP contribution is -2.40. The van der Waals surface area contributed by atoms with Crippen molar-refractivity contribution in [3.63, 3.8) is 0 Å². The van der Waals surface area contributed by atoms with Crippen molar-refractivity contribution in [2.75, 3.05) is 26.3 Å². The first-order chi connectivity index (χ1) is 14.8. The normalized spacial score (nSPS) is 13.7. The summed E-state index contributed by atoms with van der Waals surface area (Å²) in [5, 5.41) is 14.8. The van der Waals surface area contributed by atoms with Crippen LogP contribution < -0.4 is 10.6 Å². The first-order valence-corrected chi connectivity index (χ1v) is 10.4. The maximum absolute atomic E-state index is 12.2. The number of aliphatic hydroxyl groups excluding tert-OH is 1. The lowest BCUT2D eigenvalue weighted by molar-refractivity contribution is 0.0513. The molecule has 0 fully saturated rings. The van der Waals surface area contributed by atoms with Gasteiger partial charge in [0.25, 0.3) is 0 Å². The van der Waals surface area contributed by atoms with Crippen molar-refractivity contribution < 1.29 is 24.2 Å². The predicted octanol–water partition coefficient (Wildman–Crippen LogP) is 3.66. The van der Waals surface area contributed by atoms with Crippen LogP contribution in [-0.2, 0) is 9.47 Å². The van der Waals surface area contributed by atoms with E-state index in [-0.39, 0.29) is 38.1 Å². The number of alkyl carbamates (subject to hydrolysis) is 2. The zero-order valence-corrected chi connectivity index (χ0v) is 18.2. The maximum Gasteiger partial charge on any atom is 0.407 e. The van der Waals surface area contributed by atoms with E-state index in [0.717, 1.165) is 11.1 Å². The Hall–Kier alpha value is -3.06. The van der Waals surface area contributed by atoms with Crippen molar-refractivity contribution in [1.29, 1.82) is 0 Å². The van der Waals surface area contributed by atoms with Crippen molar-refractivity contribution >= 4 is 12.2 Å². The summed E-state index contributed by atoms with van der Waals surface area (Å²) in [5.74, 6) is -0.367. The number of hydrogen-bond donors (Lipinski definition) is 3. The van der Waals surface area contributed by atoms with E-state index in [4.69, 9.17) is 9.47 Å². The third kappa shape index (κ3) is 5.98. The van der Waals surface area contributed by atoms with Crippen molar-refractivity contribution in [2.24, 2.45) is 5.92 Å². The van der Waals surface area contributed by atoms with Gasteiger partial charge in [-0.25, -0.2) is 9.59 Å². The molecule has 1 aliphatic rings. The molecule has 2 aromatic rings. The van der Waals surface area contributed by atoms with E-state index in [0.29, 0.717) is 0 Å². The van der Waals surface area contributed by atoms with Crippen LogP contribution in [0.25, 0.3) is 11.1 Å². The number of aliphatic hydroxyl groups is 1. The molecule has 0 aromatic heterocycles. The van der Waals surface area contributed by atoms with Crippen LogP contribution in [0.3, 0.4) is 0 Å². The molecule has 2 amide bonds. The van der Waals surface area contributed by atoms with Crippen LogP contribution in [0.1, 0.15) is 37.8 Å². The molecule has 0 radical (unpaired) electrons. The van der Waals surface area contributed by atoms with E-state index in [1.165, 1.54) is 11.1 Å². The summed E-state index contributed by atoms with van der Waals surface area (Å²) in [6, 6.07) is 16.3. The number of fused-ring (bicyclic) bond motifs is 3. The zero-order valence-electron chi connectivity index (χ0n) is 18.2. The van der Waals surface area contributed by atoms with E-state index in [9.17, 15) is 14.7 Å². The van der Waals surface area contributed by atoms with E-state index in [2.05, 4.69) is 34.9 Å². The van der Waals surface area contributed by atoms with Gasteiger partial charge < -0.3 is 25.2 Å². The Bertz CT molecular complexity index is 877. The topological polar surface area (TPSA) is 96.9 Å². The number of ether oxygens (including phenoxy) is 2. The number of benzene rings is 2. The monoisotopic (exact) mass is 426 g/mol. The highest BCUT2D eigenvalue weighted by Gasteiger charge is 2.29. The molecule has 0 heterocycles. The number of nitrogens with one attached hydrogen (secondary N) is 2. The quantitative estimate of drug-likeness (QED) is 0.628. The summed E-state index contributed by atoms with van der Waals surface area (Å²) in [4.78, 5) is 24.0. The summed E-state index contributed by atoms with van der Waals surface area (Å²) < 4.78 is 10.6. The second-order valence-electron chi connectivity index (χ2n) is 8.64. The average Bonchev–Trinajstić information content (AvgIpc) is 3.05. The molecule has 1 aliphatic carbocycles. The van der Waals surface area contributed by atoms with Gasteiger partial charge in [-0.05, 0) is 43.0 Å². The van der Waals surface area contributed by atoms with Crippen LogP contribution in [0, 0.1) is 5.92 Å². The lowest BCUT2D eigenvalue weighted by Gasteiger charge is -2.21. The molecule has 7 heteroatoms. The van der Waals surface area contributed by atoms with Gasteiger partial charge in [0, 0.05) is 31.5 Å². The van der Waals surface area contributed by atoms with Crippen LogP contribution in [0.4, 0.5) is 9.59 Å². The third-order valence-corrected chi connectivity index (χ3v) is 5.07. The molecular formula is C24H30N2O5. The molecule has 0 saturated heterocycles. The van der Waals surface area contributed by atoms with Gasteiger partial charge in [-0.15, -0.1) is 0 Å². The standard InChI is InChI=1S/C24H30N2O5/c1-24(2,3)31-23(29)26-13-16(14-27)12-25-22(28)30-15-21-19-10-6-4-8-17(19)18-9-5-7-11-20(18)21/h4-11,16,21,27H,12-15H2,1-3H3,(H,25,28)(H,26,29). The Balaban J connectivity index is 1.48. The number of carbonyl (C=O) groups excluding carboxylic acids is 2. The van der Waals surface area contributed by atoms with Gasteiger partial charge in [0.1, 0.15) is 12.2 Å². The fourth-order valence-electron chi connectivity index (χ4n) is 3.62. The number of amides is 2. The maximum atomic E-state index is 12.2. The average molecular weight is 427 g/mol. The highest BCUT2D eigenvalue weighted by atomic mass is 16.6. The van der Waals surface area contributed by atoms with Gasteiger partial charge in [-0.2, -0.15) is 0 Å². The highest BCUT2D eigenvalue weighted by molar-refractivity contribution is 5.79. The van der Waals surface area contributed by atoms with Gasteiger partial charge >= 0.3 is 12.2 Å². The molecule has 3 N–H and O–H groups in total. The second kappa shape index (κ2) is 9.83. The minimum atomic E-state index is -0.599. The zero-order chi connectivity index (χ0) is 22.4. The Morgan fingerprint density at radius 1 is 0.935 bits per heavy atom. The van der Waals surface area contributed by atoms with Gasteiger partial charge in [0.2, 0.25) is 0 Å². The Morgan fingerprint density at radius 2 is 1.45 bits per heavy atom. The van der Waals surface area contributed by atoms with Crippen LogP contribution >= 0.6 is 0 Å². The first-order valence-electron chi connectivity index (χ1n) is 10.4. The lowest BCUT2D eigenvalue weighted by atomic mass is 9.98. The van der Waals surface area contributed by atoms with Gasteiger partial charge in [-0.1, -0.05) is 48.5 Å². The first kappa shape index (κ1) is 22.6. The van der Waals surface area contributed by atoms with E-state index in [1.807, 2.05) is 24.3 Å². The van der Waals surface area contributed by atoms with E-state index < -0.39 is 17.8 Å². The summed E-state index contributed by atoms with van der Waals surface area (Å²) in [6.45, 7) is 5.69. The summed E-state index contributed by atoms with van der Waals surface area (Å²) in [6.07, 6.45) is -1.12. The molecule has 3 rings (SSSR count). The molecule has 7 nitrogen and oxygen atoms in total. The molecule has 0 aliphatic heterocycles. The molecule has 0 saturated carbocycles. The van der Waals surface area contributed by atoms with Gasteiger partial charge in [0.05, 0.1) is 0 Å². The van der Waals surface area contributed by atoms with E-state index >= 15 is 0 Å². The Labute approximate surface area is 182 Å². The Morgan fingerprint density at radius 3 is 1.97 bits per heavy atom. The minimum Gasteiger partial charge on any atom is -0.449 e. The SMILES string of the molecule is CC(C)(C)OC(=O)NCC(CO)CNC(=O)OCC1c2ccccc2-c2ccccc21. The number of carbonyl (C=O) groups is 2. The van der Waals surface area contributed by atoms with E-state index in [1.54, 1.807) is 20.8 Å². The minimum absolute atomic E-state index is 0.0133. The largest absolute Gasteiger partial charge is 0.449 e. The summed E-state index contributed by atoms with van der Waals surface area (Å²) >= 11 is 0. The van der Waals surface area contributed by atoms with Crippen LogP contribution in [0.15, 0.2) is 48.5 Å². The smallest absolute Gasteiger partial charge is 0.407 e. The summed E-state index contributed by atoms with van der Waals surface area (Å²) in [5.41, 5.74) is 4.03. The second-order valence-corrected chi connectivity index (χ2v) is 8.64.